The Hall–Kier alpha value is -2.83. The van der Waals surface area contributed by atoms with E-state index < -0.39 is 21.3 Å². The predicted molar refractivity (Wildman–Crippen MR) is 170 cm³/mol. The van der Waals surface area contributed by atoms with E-state index >= 15 is 0 Å². The molecule has 0 saturated carbocycles. The molecule has 1 unspecified atom stereocenters. The van der Waals surface area contributed by atoms with Crippen molar-refractivity contribution in [3.05, 3.63) is 165 Å². The Morgan fingerprint density at radius 1 is 0.714 bits per heavy atom. The van der Waals surface area contributed by atoms with Crippen molar-refractivity contribution in [2.24, 2.45) is 5.92 Å². The summed E-state index contributed by atoms with van der Waals surface area (Å²) in [5, 5.41) is 0. The Labute approximate surface area is 271 Å². The van der Waals surface area contributed by atoms with Gasteiger partial charge >= 0.3 is 249 Å². The maximum Gasteiger partial charge on any atom is -1.00 e. The monoisotopic (exact) mass is 664 g/mol. The first-order valence-corrected chi connectivity index (χ1v) is 18.2. The molecular formula is C39H36Cl2Zr. The van der Waals surface area contributed by atoms with Gasteiger partial charge in [0.05, 0.1) is 0 Å². The fourth-order valence-electron chi connectivity index (χ4n) is 6.59. The van der Waals surface area contributed by atoms with Crippen molar-refractivity contribution in [2.75, 3.05) is 0 Å². The van der Waals surface area contributed by atoms with Crippen LogP contribution in [0.3, 0.4) is 0 Å². The molecule has 0 aliphatic heterocycles. The summed E-state index contributed by atoms with van der Waals surface area (Å²) >= 11 is -2.58. The molecule has 0 aromatic heterocycles. The van der Waals surface area contributed by atoms with Crippen molar-refractivity contribution in [2.45, 2.75) is 30.3 Å². The van der Waals surface area contributed by atoms with Gasteiger partial charge < -0.3 is 24.8 Å². The quantitative estimate of drug-likeness (QED) is 0.269. The first kappa shape index (κ1) is 32.1. The summed E-state index contributed by atoms with van der Waals surface area (Å²) < 4.78 is 3.94. The Kier molecular flexibility index (Phi) is 10.8. The molecule has 4 aromatic rings. The van der Waals surface area contributed by atoms with Gasteiger partial charge in [0.2, 0.25) is 0 Å². The van der Waals surface area contributed by atoms with Crippen LogP contribution in [0.5, 0.6) is 0 Å². The van der Waals surface area contributed by atoms with Gasteiger partial charge in [0.15, 0.2) is 0 Å². The second kappa shape index (κ2) is 14.1. The Balaban J connectivity index is 0.00000202. The van der Waals surface area contributed by atoms with Crippen molar-refractivity contribution >= 4 is 15.4 Å². The van der Waals surface area contributed by atoms with E-state index in [2.05, 4.69) is 136 Å². The van der Waals surface area contributed by atoms with E-state index in [1.54, 1.807) is 6.49 Å². The molecule has 0 bridgehead atoms. The molecule has 0 heterocycles. The molecule has 3 heteroatoms. The summed E-state index contributed by atoms with van der Waals surface area (Å²) in [6.07, 6.45) is 11.1. The van der Waals surface area contributed by atoms with E-state index in [0.717, 1.165) is 12.8 Å². The van der Waals surface area contributed by atoms with Crippen LogP contribution in [0.15, 0.2) is 131 Å². The molecule has 2 aliphatic carbocycles. The van der Waals surface area contributed by atoms with E-state index in [9.17, 15) is 0 Å². The molecule has 2 aliphatic rings. The molecule has 210 valence electrons. The average molecular weight is 667 g/mol. The summed E-state index contributed by atoms with van der Waals surface area (Å²) in [6, 6.07) is 36.3. The van der Waals surface area contributed by atoms with Crippen molar-refractivity contribution in [1.82, 2.24) is 0 Å². The maximum absolute atomic E-state index is 4.08. The van der Waals surface area contributed by atoms with Crippen LogP contribution in [-0.4, -0.2) is 3.21 Å². The van der Waals surface area contributed by atoms with Gasteiger partial charge in [0.1, 0.15) is 0 Å². The van der Waals surface area contributed by atoms with E-state index in [1.807, 2.05) is 12.2 Å². The van der Waals surface area contributed by atoms with Gasteiger partial charge in [0.25, 0.3) is 0 Å². The van der Waals surface area contributed by atoms with Crippen LogP contribution in [0.2, 0.25) is 0 Å². The number of rotatable bonds is 8. The van der Waals surface area contributed by atoms with E-state index in [1.165, 1.54) is 50.1 Å². The van der Waals surface area contributed by atoms with Gasteiger partial charge in [0, 0.05) is 0 Å². The van der Waals surface area contributed by atoms with Crippen molar-refractivity contribution in [1.29, 1.82) is 0 Å². The molecule has 0 nitrogen and oxygen atoms in total. The smallest absolute Gasteiger partial charge is 1.00 e. The fraction of sp³-hybridized carbons (Fsp3) is 0.154. The third-order valence-electron chi connectivity index (χ3n) is 8.43. The van der Waals surface area contributed by atoms with Gasteiger partial charge in [-0.05, 0) is 0 Å². The van der Waals surface area contributed by atoms with Gasteiger partial charge in [-0.3, -0.25) is 0 Å². The zero-order chi connectivity index (χ0) is 27.6. The number of hydrogen-bond acceptors (Lipinski definition) is 0. The third-order valence-corrected chi connectivity index (χ3v) is 17.1. The number of fused-ring (bicyclic) bond motifs is 3. The summed E-state index contributed by atoms with van der Waals surface area (Å²) in [6.45, 7) is 12.9. The van der Waals surface area contributed by atoms with Crippen LogP contribution in [0.4, 0.5) is 0 Å². The van der Waals surface area contributed by atoms with Gasteiger partial charge in [-0.25, -0.2) is 0 Å². The average Bonchev–Trinajstić information content (AvgIpc) is 3.49. The first-order valence-electron chi connectivity index (χ1n) is 14.3. The predicted octanol–water partition coefficient (Wildman–Crippen LogP) is 3.81. The molecule has 0 fully saturated rings. The minimum Gasteiger partial charge on any atom is -1.00 e. The summed E-state index contributed by atoms with van der Waals surface area (Å²) in [5.74, 6) is 0.489. The van der Waals surface area contributed by atoms with Crippen LogP contribution < -0.4 is 24.8 Å². The summed E-state index contributed by atoms with van der Waals surface area (Å²) in [5.41, 5.74) is 12.4. The molecule has 0 spiro atoms. The zero-order valence-corrected chi connectivity index (χ0v) is 28.3. The third kappa shape index (κ3) is 6.40. The SMILES string of the molecule is C=Cc1ccc2c(c1)-c1cc(C=C)ccc1[CH]2[Zr+2]([C]1=CC(C)=CC1C)=[C](Cc1ccccc1)Cc1ccccc1.[Cl-].[Cl-]. The van der Waals surface area contributed by atoms with Gasteiger partial charge in [-0.15, -0.1) is 0 Å². The molecule has 1 atom stereocenters. The summed E-state index contributed by atoms with van der Waals surface area (Å²) in [4.78, 5) is 0. The Morgan fingerprint density at radius 2 is 1.19 bits per heavy atom. The van der Waals surface area contributed by atoms with Crippen LogP contribution in [0, 0.1) is 5.92 Å². The second-order valence-electron chi connectivity index (χ2n) is 11.2. The topological polar surface area (TPSA) is 0 Å². The second-order valence-corrected chi connectivity index (χ2v) is 17.8. The number of halogens is 2. The first-order chi connectivity index (χ1) is 19.6. The standard InChI is InChI=1S/C17H13.C15H14.C7H9.2ClH.Zr/c1-3-12-5-7-14-11-15-8-6-13(4-2)10-17(15)16(14)9-12;1-3-8-14(9-4-1)12-7-13-15-10-5-2-6-11-15;1-6-3-4-7(2)5-6;;;/h3-11H,1-2H2;1-6,8-11H,12-13H2;3,5,7H,1-2H3;2*1H;/q;;;;;+2/p-2. The Bertz CT molecular complexity index is 1590. The van der Waals surface area contributed by atoms with Gasteiger partial charge in [-0.2, -0.15) is 0 Å². The molecule has 0 N–H and O–H groups in total. The number of allylic oxidation sites excluding steroid dienone is 4. The van der Waals surface area contributed by atoms with E-state index in [-0.39, 0.29) is 24.8 Å². The van der Waals surface area contributed by atoms with E-state index in [0.29, 0.717) is 9.54 Å². The maximum atomic E-state index is 4.08. The molecule has 0 saturated heterocycles. The minimum atomic E-state index is -2.58. The van der Waals surface area contributed by atoms with E-state index in [4.69, 9.17) is 0 Å². The van der Waals surface area contributed by atoms with Crippen LogP contribution in [0.25, 0.3) is 23.3 Å². The van der Waals surface area contributed by atoms with Crippen molar-refractivity contribution in [3.8, 4) is 11.1 Å². The van der Waals surface area contributed by atoms with Crippen LogP contribution >= 0.6 is 0 Å². The molecule has 0 radical (unpaired) electrons. The molecule has 42 heavy (non-hydrogen) atoms. The van der Waals surface area contributed by atoms with Gasteiger partial charge in [-0.1, -0.05) is 0 Å². The molecule has 6 rings (SSSR count). The largest absolute Gasteiger partial charge is 1.00 e. The minimum absolute atomic E-state index is 0. The number of benzene rings is 4. The zero-order valence-electron chi connectivity index (χ0n) is 24.3. The van der Waals surface area contributed by atoms with Crippen LogP contribution in [0.1, 0.15) is 50.9 Å². The Morgan fingerprint density at radius 3 is 1.60 bits per heavy atom. The fourth-order valence-corrected chi connectivity index (χ4v) is 16.5. The van der Waals surface area contributed by atoms with Crippen molar-refractivity contribution in [3.63, 3.8) is 0 Å². The summed E-state index contributed by atoms with van der Waals surface area (Å²) in [7, 11) is 0. The molecule has 4 aromatic carbocycles. The number of hydrogen-bond donors (Lipinski definition) is 0. The normalized spacial score (nSPS) is 14.6. The molecule has 0 amide bonds. The molecular weight excluding hydrogens is 631 g/mol. The van der Waals surface area contributed by atoms with Crippen molar-refractivity contribution < 1.29 is 46.1 Å². The van der Waals surface area contributed by atoms with Crippen LogP contribution in [-0.2, 0) is 34.1 Å².